The van der Waals surface area contributed by atoms with Crippen molar-refractivity contribution >= 4 is 25.3 Å². The minimum atomic E-state index is 0.780. The fraction of sp³-hybridized carbons (Fsp3) is 0. The predicted octanol–water partition coefficient (Wildman–Crippen LogP) is 3.72. The SMILES string of the molecule is Sc1c(-c2ccccn2)[nH]c(-c2ccccn2)c1S. The highest BCUT2D eigenvalue weighted by Gasteiger charge is 2.16. The Kier molecular flexibility index (Phi) is 3.31. The van der Waals surface area contributed by atoms with Gasteiger partial charge in [-0.15, -0.1) is 25.3 Å². The van der Waals surface area contributed by atoms with Crippen molar-refractivity contribution in [3.05, 3.63) is 48.8 Å². The molecule has 5 heteroatoms. The summed E-state index contributed by atoms with van der Waals surface area (Å²) in [7, 11) is 0. The molecule has 0 spiro atoms. The highest BCUT2D eigenvalue weighted by Crippen LogP contribution is 2.36. The topological polar surface area (TPSA) is 41.6 Å². The van der Waals surface area contributed by atoms with Crippen molar-refractivity contribution in [1.82, 2.24) is 15.0 Å². The van der Waals surface area contributed by atoms with E-state index < -0.39 is 0 Å². The van der Waals surface area contributed by atoms with Gasteiger partial charge in [0.15, 0.2) is 0 Å². The summed E-state index contributed by atoms with van der Waals surface area (Å²) < 4.78 is 0. The zero-order valence-electron chi connectivity index (χ0n) is 9.91. The molecule has 0 saturated heterocycles. The van der Waals surface area contributed by atoms with Crippen LogP contribution in [-0.2, 0) is 0 Å². The fourth-order valence-corrected chi connectivity index (χ4v) is 2.44. The number of nitrogens with one attached hydrogen (secondary N) is 1. The van der Waals surface area contributed by atoms with Gasteiger partial charge in [-0.2, -0.15) is 0 Å². The van der Waals surface area contributed by atoms with Crippen LogP contribution in [0.1, 0.15) is 0 Å². The second-order valence-electron chi connectivity index (χ2n) is 4.00. The van der Waals surface area contributed by atoms with Gasteiger partial charge in [0.25, 0.3) is 0 Å². The lowest BCUT2D eigenvalue weighted by Gasteiger charge is -1.98. The quantitative estimate of drug-likeness (QED) is 0.628. The van der Waals surface area contributed by atoms with E-state index in [4.69, 9.17) is 0 Å². The second-order valence-corrected chi connectivity index (χ2v) is 4.90. The lowest BCUT2D eigenvalue weighted by atomic mass is 10.2. The maximum Gasteiger partial charge on any atom is 0.0876 e. The van der Waals surface area contributed by atoms with E-state index in [1.807, 2.05) is 36.4 Å². The molecule has 3 aromatic heterocycles. The van der Waals surface area contributed by atoms with Crippen molar-refractivity contribution in [1.29, 1.82) is 0 Å². The minimum Gasteiger partial charge on any atom is -0.350 e. The maximum atomic E-state index is 4.52. The van der Waals surface area contributed by atoms with E-state index in [0.717, 1.165) is 32.6 Å². The van der Waals surface area contributed by atoms with Crippen LogP contribution < -0.4 is 0 Å². The number of pyridine rings is 2. The molecule has 94 valence electrons. The molecule has 3 aromatic rings. The van der Waals surface area contributed by atoms with Crippen molar-refractivity contribution < 1.29 is 0 Å². The number of aromatic nitrogens is 3. The van der Waals surface area contributed by atoms with Gasteiger partial charge in [-0.05, 0) is 24.3 Å². The van der Waals surface area contributed by atoms with E-state index in [0.29, 0.717) is 0 Å². The molecule has 0 amide bonds. The molecule has 0 fully saturated rings. The minimum absolute atomic E-state index is 0.780. The fourth-order valence-electron chi connectivity index (χ4n) is 1.87. The van der Waals surface area contributed by atoms with E-state index in [1.54, 1.807) is 12.4 Å². The zero-order chi connectivity index (χ0) is 13.2. The van der Waals surface area contributed by atoms with E-state index >= 15 is 0 Å². The number of hydrogen-bond acceptors (Lipinski definition) is 4. The van der Waals surface area contributed by atoms with Gasteiger partial charge in [-0.1, -0.05) is 12.1 Å². The summed E-state index contributed by atoms with van der Waals surface area (Å²) >= 11 is 9.04. The molecule has 3 heterocycles. The summed E-state index contributed by atoms with van der Waals surface area (Å²) in [5.41, 5.74) is 3.39. The molecule has 0 atom stereocenters. The Balaban J connectivity index is 2.16. The van der Waals surface area contributed by atoms with E-state index in [1.165, 1.54) is 0 Å². The smallest absolute Gasteiger partial charge is 0.0876 e. The van der Waals surface area contributed by atoms with Crippen LogP contribution in [0.3, 0.4) is 0 Å². The Morgan fingerprint density at radius 1 is 0.737 bits per heavy atom. The van der Waals surface area contributed by atoms with Crippen LogP contribution in [0.5, 0.6) is 0 Å². The first-order valence-electron chi connectivity index (χ1n) is 5.74. The summed E-state index contributed by atoms with van der Waals surface area (Å²) in [4.78, 5) is 13.5. The van der Waals surface area contributed by atoms with Gasteiger partial charge in [0.1, 0.15) is 0 Å². The van der Waals surface area contributed by atoms with Crippen LogP contribution in [0.15, 0.2) is 58.6 Å². The number of thiol groups is 2. The molecule has 0 saturated carbocycles. The molecule has 3 nitrogen and oxygen atoms in total. The summed E-state index contributed by atoms with van der Waals surface area (Å²) in [6.45, 7) is 0. The molecule has 3 rings (SSSR count). The highest BCUT2D eigenvalue weighted by molar-refractivity contribution is 7.83. The molecule has 0 aliphatic heterocycles. The first-order valence-corrected chi connectivity index (χ1v) is 6.63. The molecule has 0 radical (unpaired) electrons. The Morgan fingerprint density at radius 2 is 1.21 bits per heavy atom. The van der Waals surface area contributed by atoms with Crippen LogP contribution >= 0.6 is 25.3 Å². The van der Waals surface area contributed by atoms with Crippen LogP contribution in [0.4, 0.5) is 0 Å². The average Bonchev–Trinajstić information content (AvgIpc) is 2.77. The number of rotatable bonds is 2. The Hall–Kier alpha value is -1.72. The molecular weight excluding hydrogens is 274 g/mol. The van der Waals surface area contributed by atoms with Gasteiger partial charge in [0.2, 0.25) is 0 Å². The van der Waals surface area contributed by atoms with Gasteiger partial charge >= 0.3 is 0 Å². The van der Waals surface area contributed by atoms with Gasteiger partial charge in [-0.3, -0.25) is 9.97 Å². The van der Waals surface area contributed by atoms with Gasteiger partial charge in [0.05, 0.1) is 22.8 Å². The van der Waals surface area contributed by atoms with E-state index in [-0.39, 0.29) is 0 Å². The summed E-state index contributed by atoms with van der Waals surface area (Å²) in [6.07, 6.45) is 3.50. The lowest BCUT2D eigenvalue weighted by Crippen LogP contribution is -1.85. The molecule has 0 aliphatic rings. The monoisotopic (exact) mass is 285 g/mol. The third-order valence-corrected chi connectivity index (χ3v) is 3.86. The maximum absolute atomic E-state index is 4.52. The summed E-state index contributed by atoms with van der Waals surface area (Å²) in [5.74, 6) is 0. The molecule has 1 N–H and O–H groups in total. The molecule has 0 bridgehead atoms. The number of H-pyrrole nitrogens is 1. The summed E-state index contributed by atoms with van der Waals surface area (Å²) in [5, 5.41) is 0. The van der Waals surface area contributed by atoms with Gasteiger partial charge in [-0.25, -0.2) is 0 Å². The summed E-state index contributed by atoms with van der Waals surface area (Å²) in [6, 6.07) is 11.5. The third-order valence-electron chi connectivity index (χ3n) is 2.79. The van der Waals surface area contributed by atoms with Crippen LogP contribution in [-0.4, -0.2) is 15.0 Å². The van der Waals surface area contributed by atoms with Crippen LogP contribution in [0.25, 0.3) is 22.8 Å². The highest BCUT2D eigenvalue weighted by atomic mass is 32.1. The Labute approximate surface area is 122 Å². The van der Waals surface area contributed by atoms with Crippen LogP contribution in [0, 0.1) is 0 Å². The molecular formula is C14H11N3S2. The largest absolute Gasteiger partial charge is 0.350 e. The molecule has 0 unspecified atom stereocenters. The number of nitrogens with zero attached hydrogens (tertiary/aromatic N) is 2. The second kappa shape index (κ2) is 5.11. The molecule has 19 heavy (non-hydrogen) atoms. The van der Waals surface area contributed by atoms with Crippen molar-refractivity contribution in [2.45, 2.75) is 9.79 Å². The van der Waals surface area contributed by atoms with Crippen molar-refractivity contribution in [3.63, 3.8) is 0 Å². The Morgan fingerprint density at radius 3 is 1.58 bits per heavy atom. The first-order chi connectivity index (χ1) is 9.27. The third kappa shape index (κ3) is 2.27. The number of hydrogen-bond donors (Lipinski definition) is 3. The van der Waals surface area contributed by atoms with Gasteiger partial charge < -0.3 is 4.98 Å². The Bertz CT molecular complexity index is 633. The molecule has 0 aromatic carbocycles. The normalized spacial score (nSPS) is 10.6. The predicted molar refractivity (Wildman–Crippen MR) is 81.8 cm³/mol. The van der Waals surface area contributed by atoms with E-state index in [2.05, 4.69) is 40.2 Å². The number of aromatic amines is 1. The first kappa shape index (κ1) is 12.3. The van der Waals surface area contributed by atoms with Crippen molar-refractivity contribution in [3.8, 4) is 22.8 Å². The van der Waals surface area contributed by atoms with Crippen molar-refractivity contribution in [2.24, 2.45) is 0 Å². The molecule has 0 aliphatic carbocycles. The zero-order valence-corrected chi connectivity index (χ0v) is 11.7. The van der Waals surface area contributed by atoms with E-state index in [9.17, 15) is 0 Å². The lowest BCUT2D eigenvalue weighted by molar-refractivity contribution is 1.24. The average molecular weight is 285 g/mol. The van der Waals surface area contributed by atoms with Gasteiger partial charge in [0, 0.05) is 22.2 Å². The standard InChI is InChI=1S/C14H11N3S2/c18-13-11(9-5-1-3-7-15-9)17-12(14(13)19)10-6-2-4-8-16-10/h1-8,17-19H. The van der Waals surface area contributed by atoms with Crippen molar-refractivity contribution in [2.75, 3.05) is 0 Å². The van der Waals surface area contributed by atoms with Crippen LogP contribution in [0.2, 0.25) is 0 Å².